The van der Waals surface area contributed by atoms with E-state index in [1.807, 2.05) is 0 Å². The summed E-state index contributed by atoms with van der Waals surface area (Å²) in [6.45, 7) is 8.16. The van der Waals surface area contributed by atoms with Crippen LogP contribution in [-0.4, -0.2) is 41.4 Å². The summed E-state index contributed by atoms with van der Waals surface area (Å²) < 4.78 is 5.46. The fraction of sp³-hybridized carbons (Fsp3) is 0.526. The number of hydrogen-bond acceptors (Lipinski definition) is 3. The summed E-state index contributed by atoms with van der Waals surface area (Å²) >= 11 is 0. The van der Waals surface area contributed by atoms with Crippen molar-refractivity contribution in [1.82, 2.24) is 15.1 Å². The minimum absolute atomic E-state index is 0.446. The zero-order valence-electron chi connectivity index (χ0n) is 14.0. The molecule has 1 unspecified atom stereocenters. The number of nitrogens with one attached hydrogen (secondary N) is 1. The summed E-state index contributed by atoms with van der Waals surface area (Å²) in [5.41, 5.74) is 6.43. The topological polar surface area (TPSA) is 41.2 Å². The second-order valence-corrected chi connectivity index (χ2v) is 6.83. The van der Waals surface area contributed by atoms with E-state index < -0.39 is 0 Å². The van der Waals surface area contributed by atoms with Crippen molar-refractivity contribution in [2.75, 3.05) is 26.3 Å². The lowest BCUT2D eigenvalue weighted by molar-refractivity contribution is 0.0198. The van der Waals surface area contributed by atoms with Crippen LogP contribution in [0.5, 0.6) is 0 Å². The minimum Gasteiger partial charge on any atom is -0.379 e. The van der Waals surface area contributed by atoms with E-state index >= 15 is 0 Å². The Hall–Kier alpha value is -1.65. The Morgan fingerprint density at radius 3 is 2.52 bits per heavy atom. The zero-order chi connectivity index (χ0) is 15.8. The number of aromatic amines is 1. The molecule has 2 aromatic rings. The van der Waals surface area contributed by atoms with Crippen LogP contribution in [0.25, 0.3) is 11.1 Å². The maximum Gasteiger partial charge on any atom is 0.0734 e. The molecule has 1 aliphatic carbocycles. The highest BCUT2D eigenvalue weighted by Crippen LogP contribution is 2.44. The Labute approximate surface area is 137 Å². The number of aromatic nitrogens is 2. The van der Waals surface area contributed by atoms with E-state index in [1.54, 1.807) is 0 Å². The van der Waals surface area contributed by atoms with E-state index in [0.29, 0.717) is 12.0 Å². The van der Waals surface area contributed by atoms with Crippen LogP contribution in [0, 0.1) is 6.92 Å². The standard InChI is InChI=1S/C19H25N3O/c1-13-18(19(21-20-13)17-7-8-17)16-5-3-15(4-6-16)14(2)22-9-11-23-12-10-22/h3-6,14,17H,7-12H2,1-2H3,(H,20,21). The molecule has 4 rings (SSSR count). The molecule has 0 radical (unpaired) electrons. The number of aryl methyl sites for hydroxylation is 1. The van der Waals surface area contributed by atoms with Crippen LogP contribution in [0.15, 0.2) is 24.3 Å². The van der Waals surface area contributed by atoms with Gasteiger partial charge in [-0.15, -0.1) is 0 Å². The molecule has 23 heavy (non-hydrogen) atoms. The predicted octanol–water partition coefficient (Wildman–Crippen LogP) is 3.66. The van der Waals surface area contributed by atoms with Crippen molar-refractivity contribution in [3.63, 3.8) is 0 Å². The largest absolute Gasteiger partial charge is 0.379 e. The third kappa shape index (κ3) is 2.93. The number of morpholine rings is 1. The third-order valence-corrected chi connectivity index (χ3v) is 5.21. The van der Waals surface area contributed by atoms with Gasteiger partial charge in [0.25, 0.3) is 0 Å². The van der Waals surface area contributed by atoms with E-state index in [-0.39, 0.29) is 0 Å². The van der Waals surface area contributed by atoms with Gasteiger partial charge in [-0.1, -0.05) is 24.3 Å². The molecule has 4 heteroatoms. The van der Waals surface area contributed by atoms with Gasteiger partial charge in [0.15, 0.2) is 0 Å². The molecule has 0 spiro atoms. The van der Waals surface area contributed by atoms with Crippen molar-refractivity contribution in [2.24, 2.45) is 0 Å². The van der Waals surface area contributed by atoms with Gasteiger partial charge in [-0.3, -0.25) is 10.00 Å². The smallest absolute Gasteiger partial charge is 0.0734 e. The van der Waals surface area contributed by atoms with Gasteiger partial charge >= 0.3 is 0 Å². The molecule has 0 amide bonds. The fourth-order valence-corrected chi connectivity index (χ4v) is 3.57. The Balaban J connectivity index is 1.57. The molecule has 1 atom stereocenters. The Morgan fingerprint density at radius 2 is 1.87 bits per heavy atom. The molecule has 4 nitrogen and oxygen atoms in total. The van der Waals surface area contributed by atoms with Crippen LogP contribution in [0.1, 0.15) is 48.7 Å². The fourth-order valence-electron chi connectivity index (χ4n) is 3.57. The molecule has 2 heterocycles. The van der Waals surface area contributed by atoms with Gasteiger partial charge in [0, 0.05) is 36.3 Å². The minimum atomic E-state index is 0.446. The lowest BCUT2D eigenvalue weighted by atomic mass is 9.98. The molecule has 1 saturated carbocycles. The average Bonchev–Trinajstić information content (AvgIpc) is 3.38. The van der Waals surface area contributed by atoms with Crippen LogP contribution in [0.2, 0.25) is 0 Å². The van der Waals surface area contributed by atoms with Crippen molar-refractivity contribution in [3.05, 3.63) is 41.2 Å². The molecule has 2 aliphatic rings. The van der Waals surface area contributed by atoms with Gasteiger partial charge in [0.05, 0.1) is 18.9 Å². The molecule has 1 aromatic heterocycles. The average molecular weight is 311 g/mol. The van der Waals surface area contributed by atoms with Gasteiger partial charge in [-0.05, 0) is 37.8 Å². The Bertz CT molecular complexity index is 666. The molecule has 1 aromatic carbocycles. The first kappa shape index (κ1) is 14.9. The third-order valence-electron chi connectivity index (χ3n) is 5.21. The monoisotopic (exact) mass is 311 g/mol. The van der Waals surface area contributed by atoms with Crippen molar-refractivity contribution >= 4 is 0 Å². The van der Waals surface area contributed by atoms with Crippen LogP contribution < -0.4 is 0 Å². The van der Waals surface area contributed by atoms with Crippen molar-refractivity contribution in [3.8, 4) is 11.1 Å². The number of nitrogens with zero attached hydrogens (tertiary/aromatic N) is 2. The number of benzene rings is 1. The SMILES string of the molecule is Cc1[nH]nc(C2CC2)c1-c1ccc(C(C)N2CCOCC2)cc1. The van der Waals surface area contributed by atoms with Gasteiger partial charge < -0.3 is 4.74 Å². The first-order chi connectivity index (χ1) is 11.2. The van der Waals surface area contributed by atoms with E-state index in [2.05, 4.69) is 53.2 Å². The van der Waals surface area contributed by atoms with Crippen molar-refractivity contribution < 1.29 is 4.74 Å². The normalized spacial score (nSPS) is 20.6. The van der Waals surface area contributed by atoms with E-state index in [1.165, 1.54) is 40.9 Å². The highest BCUT2D eigenvalue weighted by Gasteiger charge is 2.30. The lowest BCUT2D eigenvalue weighted by Crippen LogP contribution is -2.37. The second kappa shape index (κ2) is 6.10. The lowest BCUT2D eigenvalue weighted by Gasteiger charge is -2.32. The quantitative estimate of drug-likeness (QED) is 0.937. The Kier molecular flexibility index (Phi) is 3.95. The summed E-state index contributed by atoms with van der Waals surface area (Å²) in [6.07, 6.45) is 2.56. The van der Waals surface area contributed by atoms with E-state index in [0.717, 1.165) is 26.3 Å². The first-order valence-corrected chi connectivity index (χ1v) is 8.71. The highest BCUT2D eigenvalue weighted by molar-refractivity contribution is 5.69. The first-order valence-electron chi connectivity index (χ1n) is 8.71. The van der Waals surface area contributed by atoms with Gasteiger partial charge in [-0.2, -0.15) is 5.10 Å². The number of H-pyrrole nitrogens is 1. The highest BCUT2D eigenvalue weighted by atomic mass is 16.5. The second-order valence-electron chi connectivity index (χ2n) is 6.83. The molecule has 122 valence electrons. The van der Waals surface area contributed by atoms with Crippen LogP contribution in [-0.2, 0) is 4.74 Å². The van der Waals surface area contributed by atoms with Crippen LogP contribution >= 0.6 is 0 Å². The van der Waals surface area contributed by atoms with Crippen molar-refractivity contribution in [2.45, 2.75) is 38.6 Å². The summed E-state index contributed by atoms with van der Waals surface area (Å²) in [5, 5.41) is 7.71. The number of hydrogen-bond donors (Lipinski definition) is 1. The van der Waals surface area contributed by atoms with Gasteiger partial charge in [-0.25, -0.2) is 0 Å². The molecular formula is C19H25N3O. The molecule has 0 bridgehead atoms. The van der Waals surface area contributed by atoms with Crippen LogP contribution in [0.3, 0.4) is 0 Å². The van der Waals surface area contributed by atoms with Crippen LogP contribution in [0.4, 0.5) is 0 Å². The molecular weight excluding hydrogens is 286 g/mol. The maximum absolute atomic E-state index is 5.46. The number of rotatable bonds is 4. The molecule has 2 fully saturated rings. The maximum atomic E-state index is 5.46. The van der Waals surface area contributed by atoms with Gasteiger partial charge in [0.2, 0.25) is 0 Å². The molecule has 1 N–H and O–H groups in total. The summed E-state index contributed by atoms with van der Waals surface area (Å²) in [7, 11) is 0. The molecule has 1 aliphatic heterocycles. The Morgan fingerprint density at radius 1 is 1.17 bits per heavy atom. The van der Waals surface area contributed by atoms with E-state index in [9.17, 15) is 0 Å². The van der Waals surface area contributed by atoms with Crippen molar-refractivity contribution in [1.29, 1.82) is 0 Å². The summed E-state index contributed by atoms with van der Waals surface area (Å²) in [6, 6.07) is 9.52. The predicted molar refractivity (Wildman–Crippen MR) is 91.5 cm³/mol. The summed E-state index contributed by atoms with van der Waals surface area (Å²) in [5.74, 6) is 0.668. The summed E-state index contributed by atoms with van der Waals surface area (Å²) in [4.78, 5) is 2.50. The number of ether oxygens (including phenoxy) is 1. The zero-order valence-corrected chi connectivity index (χ0v) is 14.0. The van der Waals surface area contributed by atoms with Gasteiger partial charge in [0.1, 0.15) is 0 Å². The molecule has 1 saturated heterocycles. The van der Waals surface area contributed by atoms with E-state index in [4.69, 9.17) is 4.74 Å².